The molecule has 1 aromatic carbocycles. The van der Waals surface area contributed by atoms with Crippen LogP contribution < -0.4 is 10.2 Å². The zero-order chi connectivity index (χ0) is 24.0. The van der Waals surface area contributed by atoms with Crippen LogP contribution in [0.1, 0.15) is 44.7 Å². The molecule has 33 heavy (non-hydrogen) atoms. The van der Waals surface area contributed by atoms with Crippen molar-refractivity contribution in [1.82, 2.24) is 15.5 Å². The van der Waals surface area contributed by atoms with Gasteiger partial charge in [-0.1, -0.05) is 28.9 Å². The first kappa shape index (κ1) is 22.3. The Labute approximate surface area is 194 Å². The number of aliphatic hydroxyl groups excluding tert-OH is 1. The standard InChI is InChI=1S/C23H21ClN4O5/c1-10-8-15(27-33-10)28-19(13-6-5-7-14(24)9-13)17(21(30)23(28)32)20(29)16-11(2)18(22(31)25-4)26-12(16)3/h5-9,19,26,29H,1-4H3,(H,25,31)/b20-17+. The summed E-state index contributed by atoms with van der Waals surface area (Å²) < 4.78 is 5.12. The summed E-state index contributed by atoms with van der Waals surface area (Å²) in [7, 11) is 1.49. The predicted octanol–water partition coefficient (Wildman–Crippen LogP) is 3.57. The molecule has 3 aromatic rings. The summed E-state index contributed by atoms with van der Waals surface area (Å²) in [6.07, 6.45) is 0. The van der Waals surface area contributed by atoms with E-state index in [1.807, 2.05) is 0 Å². The molecule has 2 amide bonds. The average Bonchev–Trinajstić information content (AvgIpc) is 3.41. The highest BCUT2D eigenvalue weighted by atomic mass is 35.5. The van der Waals surface area contributed by atoms with Gasteiger partial charge in [0.2, 0.25) is 0 Å². The van der Waals surface area contributed by atoms with Crippen molar-refractivity contribution in [3.8, 4) is 0 Å². The minimum absolute atomic E-state index is 0.132. The third-order valence-corrected chi connectivity index (χ3v) is 5.83. The van der Waals surface area contributed by atoms with Crippen LogP contribution in [0, 0.1) is 20.8 Å². The zero-order valence-corrected chi connectivity index (χ0v) is 19.1. The zero-order valence-electron chi connectivity index (χ0n) is 18.3. The quantitative estimate of drug-likeness (QED) is 0.305. The molecule has 2 aromatic heterocycles. The molecular formula is C23H21ClN4O5. The molecule has 0 saturated carbocycles. The minimum Gasteiger partial charge on any atom is -0.507 e. The van der Waals surface area contributed by atoms with E-state index >= 15 is 0 Å². The molecule has 9 nitrogen and oxygen atoms in total. The van der Waals surface area contributed by atoms with Crippen molar-refractivity contribution >= 4 is 40.8 Å². The van der Waals surface area contributed by atoms with Gasteiger partial charge in [-0.15, -0.1) is 0 Å². The Morgan fingerprint density at radius 1 is 1.24 bits per heavy atom. The maximum absolute atomic E-state index is 13.2. The minimum atomic E-state index is -1.01. The first-order chi connectivity index (χ1) is 15.6. The third kappa shape index (κ3) is 3.60. The van der Waals surface area contributed by atoms with E-state index in [1.54, 1.807) is 45.0 Å². The van der Waals surface area contributed by atoms with Gasteiger partial charge in [0.1, 0.15) is 17.2 Å². The number of aliphatic hydroxyl groups is 1. The molecule has 1 unspecified atom stereocenters. The summed E-state index contributed by atoms with van der Waals surface area (Å²) in [5.74, 6) is -1.95. The second-order valence-corrected chi connectivity index (χ2v) is 8.16. The molecule has 1 aliphatic heterocycles. The van der Waals surface area contributed by atoms with E-state index in [0.29, 0.717) is 27.6 Å². The molecule has 1 atom stereocenters. The molecule has 1 fully saturated rings. The number of hydrogen-bond acceptors (Lipinski definition) is 6. The summed E-state index contributed by atoms with van der Waals surface area (Å²) in [5.41, 5.74) is 1.79. The molecule has 4 rings (SSSR count). The second kappa shape index (κ2) is 8.25. The Bertz CT molecular complexity index is 1340. The summed E-state index contributed by atoms with van der Waals surface area (Å²) in [6.45, 7) is 4.98. The Hall–Kier alpha value is -3.85. The number of aromatic amines is 1. The van der Waals surface area contributed by atoms with Crippen LogP contribution in [0.5, 0.6) is 0 Å². The number of Topliss-reactive ketones (excluding diaryl/α,β-unsaturated/α-hetero) is 1. The third-order valence-electron chi connectivity index (χ3n) is 5.60. The van der Waals surface area contributed by atoms with E-state index in [4.69, 9.17) is 16.1 Å². The van der Waals surface area contributed by atoms with Crippen molar-refractivity contribution in [2.75, 3.05) is 11.9 Å². The number of carbonyl (C=O) groups is 3. The van der Waals surface area contributed by atoms with Crippen molar-refractivity contribution < 1.29 is 24.0 Å². The fourth-order valence-corrected chi connectivity index (χ4v) is 4.32. The van der Waals surface area contributed by atoms with Gasteiger partial charge in [0.15, 0.2) is 5.82 Å². The Balaban J connectivity index is 1.99. The predicted molar refractivity (Wildman–Crippen MR) is 121 cm³/mol. The lowest BCUT2D eigenvalue weighted by Gasteiger charge is -2.23. The number of aromatic nitrogens is 2. The van der Waals surface area contributed by atoms with E-state index in [2.05, 4.69) is 15.5 Å². The van der Waals surface area contributed by atoms with Crippen LogP contribution >= 0.6 is 11.6 Å². The van der Waals surface area contributed by atoms with Crippen molar-refractivity contribution in [3.05, 3.63) is 74.8 Å². The van der Waals surface area contributed by atoms with Crippen LogP contribution in [0.4, 0.5) is 5.82 Å². The van der Waals surface area contributed by atoms with Crippen molar-refractivity contribution in [2.45, 2.75) is 26.8 Å². The van der Waals surface area contributed by atoms with Gasteiger partial charge in [0.05, 0.1) is 11.6 Å². The number of hydrogen-bond donors (Lipinski definition) is 3. The first-order valence-corrected chi connectivity index (χ1v) is 10.4. The maximum atomic E-state index is 13.2. The molecular weight excluding hydrogens is 448 g/mol. The summed E-state index contributed by atoms with van der Waals surface area (Å²) in [5, 5.41) is 18.2. The van der Waals surface area contributed by atoms with Crippen LogP contribution in [0.2, 0.25) is 5.02 Å². The number of H-pyrrole nitrogens is 1. The highest BCUT2D eigenvalue weighted by molar-refractivity contribution is 6.51. The number of carbonyl (C=O) groups excluding carboxylic acids is 3. The number of benzene rings is 1. The lowest BCUT2D eigenvalue weighted by Crippen LogP contribution is -2.29. The van der Waals surface area contributed by atoms with Crippen LogP contribution in [-0.2, 0) is 9.59 Å². The molecule has 0 spiro atoms. The monoisotopic (exact) mass is 468 g/mol. The second-order valence-electron chi connectivity index (χ2n) is 7.72. The fraction of sp³-hybridized carbons (Fsp3) is 0.217. The first-order valence-electron chi connectivity index (χ1n) is 10.1. The molecule has 0 radical (unpaired) electrons. The lowest BCUT2D eigenvalue weighted by molar-refractivity contribution is -0.132. The molecule has 0 aliphatic carbocycles. The average molecular weight is 469 g/mol. The van der Waals surface area contributed by atoms with Gasteiger partial charge in [0, 0.05) is 29.4 Å². The topological polar surface area (TPSA) is 129 Å². The van der Waals surface area contributed by atoms with Crippen molar-refractivity contribution in [2.24, 2.45) is 0 Å². The highest BCUT2D eigenvalue weighted by Gasteiger charge is 2.48. The number of nitrogens with zero attached hydrogens (tertiary/aromatic N) is 2. The number of aryl methyl sites for hydroxylation is 2. The highest BCUT2D eigenvalue weighted by Crippen LogP contribution is 2.43. The summed E-state index contributed by atoms with van der Waals surface area (Å²) in [4.78, 5) is 42.6. The summed E-state index contributed by atoms with van der Waals surface area (Å²) in [6, 6.07) is 7.17. The van der Waals surface area contributed by atoms with Crippen LogP contribution in [0.3, 0.4) is 0 Å². The van der Waals surface area contributed by atoms with Gasteiger partial charge >= 0.3 is 5.91 Å². The van der Waals surface area contributed by atoms with E-state index in [0.717, 1.165) is 0 Å². The molecule has 3 heterocycles. The Kier molecular flexibility index (Phi) is 5.59. The van der Waals surface area contributed by atoms with E-state index < -0.39 is 23.5 Å². The van der Waals surface area contributed by atoms with Crippen molar-refractivity contribution in [1.29, 1.82) is 0 Å². The summed E-state index contributed by atoms with van der Waals surface area (Å²) >= 11 is 6.19. The van der Waals surface area contributed by atoms with Gasteiger partial charge in [-0.3, -0.25) is 19.3 Å². The van der Waals surface area contributed by atoms with Crippen LogP contribution in [0.15, 0.2) is 40.4 Å². The number of halogens is 1. The van der Waals surface area contributed by atoms with Gasteiger partial charge in [0.25, 0.3) is 11.7 Å². The van der Waals surface area contributed by atoms with E-state index in [9.17, 15) is 19.5 Å². The molecule has 0 bridgehead atoms. The molecule has 10 heteroatoms. The molecule has 3 N–H and O–H groups in total. The molecule has 1 aliphatic rings. The lowest BCUT2D eigenvalue weighted by atomic mass is 9.94. The van der Waals surface area contributed by atoms with Gasteiger partial charge < -0.3 is 19.9 Å². The number of amides is 2. The van der Waals surface area contributed by atoms with Crippen LogP contribution in [0.25, 0.3) is 5.76 Å². The van der Waals surface area contributed by atoms with Gasteiger partial charge in [-0.25, -0.2) is 0 Å². The fourth-order valence-electron chi connectivity index (χ4n) is 4.12. The smallest absolute Gasteiger partial charge is 0.301 e. The SMILES string of the molecule is CNC(=O)c1[nH]c(C)c(/C(O)=C2\C(=O)C(=O)N(c3cc(C)on3)C2c2cccc(Cl)c2)c1C. The van der Waals surface area contributed by atoms with Gasteiger partial charge in [-0.05, 0) is 44.0 Å². The van der Waals surface area contributed by atoms with E-state index in [-0.39, 0.29) is 28.6 Å². The molecule has 170 valence electrons. The van der Waals surface area contributed by atoms with E-state index in [1.165, 1.54) is 18.0 Å². The number of ketones is 1. The number of rotatable bonds is 4. The molecule has 1 saturated heterocycles. The Morgan fingerprint density at radius 2 is 1.97 bits per heavy atom. The normalized spacial score (nSPS) is 17.6. The maximum Gasteiger partial charge on any atom is 0.301 e. The number of anilines is 1. The van der Waals surface area contributed by atoms with Crippen molar-refractivity contribution in [3.63, 3.8) is 0 Å². The number of nitrogens with one attached hydrogen (secondary N) is 2. The van der Waals surface area contributed by atoms with Crippen LogP contribution in [-0.4, -0.2) is 39.9 Å². The largest absolute Gasteiger partial charge is 0.507 e. The Morgan fingerprint density at radius 3 is 2.58 bits per heavy atom. The van der Waals surface area contributed by atoms with Gasteiger partial charge in [-0.2, -0.15) is 0 Å².